The van der Waals surface area contributed by atoms with Gasteiger partial charge in [-0.05, 0) is 12.8 Å². The van der Waals surface area contributed by atoms with Crippen LogP contribution in [-0.2, 0) is 0 Å². The summed E-state index contributed by atoms with van der Waals surface area (Å²) in [6, 6.07) is 0. The highest BCUT2D eigenvalue weighted by Crippen LogP contribution is 2.47. The fraction of sp³-hybridized carbons (Fsp3) is 1.00. The third-order valence-electron chi connectivity index (χ3n) is 10.7. The topological polar surface area (TPSA) is 0 Å². The lowest BCUT2D eigenvalue weighted by atomic mass is 10.0. The van der Waals surface area contributed by atoms with Gasteiger partial charge in [0.15, 0.2) is 0 Å². The van der Waals surface area contributed by atoms with Crippen molar-refractivity contribution in [3.63, 3.8) is 0 Å². The summed E-state index contributed by atoms with van der Waals surface area (Å²) in [6.07, 6.45) is 61.1. The molecular weight excluding hydrogens is 571 g/mol. The van der Waals surface area contributed by atoms with Crippen molar-refractivity contribution in [3.8, 4) is 0 Å². The second kappa shape index (κ2) is 39.9. The summed E-state index contributed by atoms with van der Waals surface area (Å²) in [4.78, 5) is 0. The lowest BCUT2D eigenvalue weighted by Crippen LogP contribution is -1.93. The fourth-order valence-corrected chi connectivity index (χ4v) is 8.55. The Balaban J connectivity index is 3.05. The van der Waals surface area contributed by atoms with E-state index in [2.05, 4.69) is 26.9 Å². The number of rotatable bonds is 41. The van der Waals surface area contributed by atoms with Crippen molar-refractivity contribution in [2.24, 2.45) is 0 Å². The molecule has 0 rings (SSSR count). The average Bonchev–Trinajstić information content (AvgIpc) is 3.03. The molecule has 0 aromatic rings. The first-order valence-electron chi connectivity index (χ1n) is 22.4. The summed E-state index contributed by atoms with van der Waals surface area (Å²) in [7, 11) is -0.522. The molecule has 0 aromatic carbocycles. The minimum absolute atomic E-state index is 0.522. The van der Waals surface area contributed by atoms with Gasteiger partial charge in [0, 0.05) is 27.3 Å². The molecular formula is C45H94P+. The van der Waals surface area contributed by atoms with Crippen molar-refractivity contribution in [1.82, 2.24) is 0 Å². The van der Waals surface area contributed by atoms with E-state index >= 15 is 0 Å². The highest BCUT2D eigenvalue weighted by atomic mass is 31.2. The molecule has 0 aliphatic heterocycles. The average molecular weight is 666 g/mol. The van der Waals surface area contributed by atoms with Crippen molar-refractivity contribution in [3.05, 3.63) is 0 Å². The number of unbranched alkanes of at least 4 members (excludes halogenated alkanes) is 39. The zero-order valence-electron chi connectivity index (χ0n) is 33.4. The molecule has 0 N–H and O–H groups in total. The van der Waals surface area contributed by atoms with E-state index < -0.39 is 7.26 Å². The lowest BCUT2D eigenvalue weighted by molar-refractivity contribution is 0.509. The normalized spacial score (nSPS) is 12.0. The van der Waals surface area contributed by atoms with Crippen LogP contribution in [0.2, 0.25) is 0 Å². The lowest BCUT2D eigenvalue weighted by Gasteiger charge is -2.10. The molecule has 0 amide bonds. The van der Waals surface area contributed by atoms with Crippen LogP contribution in [0.3, 0.4) is 0 Å². The Kier molecular flexibility index (Phi) is 40.2. The van der Waals surface area contributed by atoms with Crippen LogP contribution in [0.5, 0.6) is 0 Å². The smallest absolute Gasteiger partial charge is 0.0586 e. The van der Waals surface area contributed by atoms with Crippen molar-refractivity contribution in [2.45, 2.75) is 264 Å². The highest BCUT2D eigenvalue weighted by molar-refractivity contribution is 7.73. The molecule has 0 radical (unpaired) electrons. The SMILES string of the molecule is CCCCCCCCCCCCCCCCCCCCCCCCCCCCCCCCCCCCCCCCCC[P+](C)(C)C. The predicted octanol–water partition coefficient (Wildman–Crippen LogP) is 17.5. The van der Waals surface area contributed by atoms with Crippen LogP contribution >= 0.6 is 7.26 Å². The van der Waals surface area contributed by atoms with Gasteiger partial charge in [-0.2, -0.15) is 0 Å². The van der Waals surface area contributed by atoms with Crippen LogP contribution in [-0.4, -0.2) is 26.2 Å². The first-order chi connectivity index (χ1) is 22.6. The van der Waals surface area contributed by atoms with Crippen molar-refractivity contribution in [1.29, 1.82) is 0 Å². The maximum absolute atomic E-state index is 2.48. The third-order valence-corrected chi connectivity index (χ3v) is 12.3. The van der Waals surface area contributed by atoms with E-state index in [1.807, 2.05) is 0 Å². The van der Waals surface area contributed by atoms with Crippen molar-refractivity contribution >= 4 is 7.26 Å². The minimum atomic E-state index is -0.522. The van der Waals surface area contributed by atoms with Gasteiger partial charge in [0.05, 0.1) is 6.16 Å². The van der Waals surface area contributed by atoms with E-state index in [4.69, 9.17) is 0 Å². The molecule has 1 heteroatoms. The quantitative estimate of drug-likeness (QED) is 0.0450. The molecule has 0 spiro atoms. The molecule has 0 unspecified atom stereocenters. The summed E-state index contributed by atoms with van der Waals surface area (Å²) >= 11 is 0. The number of hydrogen-bond acceptors (Lipinski definition) is 0. The largest absolute Gasteiger partial charge is 0.0654 e. The highest BCUT2D eigenvalue weighted by Gasteiger charge is 2.15. The van der Waals surface area contributed by atoms with Crippen LogP contribution in [0.15, 0.2) is 0 Å². The van der Waals surface area contributed by atoms with Gasteiger partial charge in [-0.25, -0.2) is 0 Å². The molecule has 0 atom stereocenters. The van der Waals surface area contributed by atoms with E-state index in [-0.39, 0.29) is 0 Å². The summed E-state index contributed by atoms with van der Waals surface area (Å²) in [5.74, 6) is 0. The summed E-state index contributed by atoms with van der Waals surface area (Å²) in [5, 5.41) is 0. The Labute approximate surface area is 296 Å². The second-order valence-electron chi connectivity index (χ2n) is 16.8. The van der Waals surface area contributed by atoms with Gasteiger partial charge in [-0.1, -0.05) is 251 Å². The molecule has 0 fully saturated rings. The Bertz CT molecular complexity index is 520. The summed E-state index contributed by atoms with van der Waals surface area (Å²) in [5.41, 5.74) is 0. The van der Waals surface area contributed by atoms with Crippen LogP contribution in [0, 0.1) is 0 Å². The molecule has 0 saturated heterocycles. The molecule has 46 heavy (non-hydrogen) atoms. The third kappa shape index (κ3) is 44.4. The van der Waals surface area contributed by atoms with E-state index in [0.29, 0.717) is 0 Å². The standard InChI is InChI=1S/C45H94P/c1-5-6-7-8-9-10-11-12-13-14-15-16-17-18-19-20-21-22-23-24-25-26-27-28-29-30-31-32-33-34-35-36-37-38-39-40-41-42-43-44-45-46(2,3)4/h5-45H2,1-4H3/q+1. The molecule has 0 nitrogen and oxygen atoms in total. The molecule has 0 saturated carbocycles. The van der Waals surface area contributed by atoms with Gasteiger partial charge >= 0.3 is 0 Å². The second-order valence-corrected chi connectivity index (χ2v) is 21.8. The maximum atomic E-state index is 2.48. The summed E-state index contributed by atoms with van der Waals surface area (Å²) in [6.45, 7) is 9.77. The molecule has 0 aliphatic carbocycles. The molecule has 0 bridgehead atoms. The van der Waals surface area contributed by atoms with E-state index in [1.165, 1.54) is 263 Å². The molecule has 0 aromatic heterocycles. The van der Waals surface area contributed by atoms with Gasteiger partial charge in [0.2, 0.25) is 0 Å². The zero-order valence-corrected chi connectivity index (χ0v) is 34.3. The maximum Gasteiger partial charge on any atom is 0.0586 e. The Morgan fingerprint density at radius 1 is 0.196 bits per heavy atom. The minimum Gasteiger partial charge on any atom is -0.0654 e. The van der Waals surface area contributed by atoms with Crippen molar-refractivity contribution in [2.75, 3.05) is 26.2 Å². The number of hydrogen-bond donors (Lipinski definition) is 0. The van der Waals surface area contributed by atoms with Crippen LogP contribution in [0.4, 0.5) is 0 Å². The van der Waals surface area contributed by atoms with Crippen LogP contribution in [0.1, 0.15) is 264 Å². The Hall–Kier alpha value is 0.430. The monoisotopic (exact) mass is 666 g/mol. The zero-order chi connectivity index (χ0) is 33.5. The van der Waals surface area contributed by atoms with Gasteiger partial charge < -0.3 is 0 Å². The first kappa shape index (κ1) is 46.4. The predicted molar refractivity (Wildman–Crippen MR) is 220 cm³/mol. The van der Waals surface area contributed by atoms with E-state index in [9.17, 15) is 0 Å². The van der Waals surface area contributed by atoms with E-state index in [0.717, 1.165) is 0 Å². The Morgan fingerprint density at radius 2 is 0.326 bits per heavy atom. The molecule has 278 valence electrons. The van der Waals surface area contributed by atoms with Crippen LogP contribution in [0.25, 0.3) is 0 Å². The molecule has 0 heterocycles. The Morgan fingerprint density at radius 3 is 0.457 bits per heavy atom. The van der Waals surface area contributed by atoms with Gasteiger partial charge in [-0.15, -0.1) is 0 Å². The van der Waals surface area contributed by atoms with Gasteiger partial charge in [-0.3, -0.25) is 0 Å². The van der Waals surface area contributed by atoms with Crippen LogP contribution < -0.4 is 0 Å². The summed E-state index contributed by atoms with van der Waals surface area (Å²) < 4.78 is 0. The van der Waals surface area contributed by atoms with E-state index in [1.54, 1.807) is 0 Å². The van der Waals surface area contributed by atoms with Gasteiger partial charge in [0.25, 0.3) is 0 Å². The molecule has 0 aliphatic rings. The fourth-order valence-electron chi connectivity index (χ4n) is 7.38. The van der Waals surface area contributed by atoms with Gasteiger partial charge in [0.1, 0.15) is 0 Å². The first-order valence-corrected chi connectivity index (χ1v) is 25.7. The van der Waals surface area contributed by atoms with Crippen molar-refractivity contribution < 1.29 is 0 Å².